The molecule has 0 fully saturated rings. The van der Waals surface area contributed by atoms with Crippen molar-refractivity contribution in [3.63, 3.8) is 0 Å². The molecule has 1 radical (unpaired) electrons. The van der Waals surface area contributed by atoms with E-state index in [9.17, 15) is 0 Å². The van der Waals surface area contributed by atoms with Crippen molar-refractivity contribution in [1.29, 1.82) is 0 Å². The molecule has 0 aliphatic rings. The lowest BCUT2D eigenvalue weighted by Gasteiger charge is -2.05. The van der Waals surface area contributed by atoms with E-state index in [0.717, 1.165) is 36.1 Å². The Bertz CT molecular complexity index is 456. The molecule has 2 aromatic rings. The first-order chi connectivity index (χ1) is 7.90. The van der Waals surface area contributed by atoms with Crippen LogP contribution in [-0.2, 0) is 0 Å². The van der Waals surface area contributed by atoms with Crippen molar-refractivity contribution in [2.24, 2.45) is 0 Å². The quantitative estimate of drug-likeness (QED) is 0.752. The van der Waals surface area contributed by atoms with Gasteiger partial charge in [-0.3, -0.25) is 0 Å². The first-order valence-corrected chi connectivity index (χ1v) is 5.52. The Kier molecular flexibility index (Phi) is 3.72. The van der Waals surface area contributed by atoms with Crippen LogP contribution in [0.4, 0.5) is 5.82 Å². The highest BCUT2D eigenvalue weighted by molar-refractivity contribution is 5.79. The third kappa shape index (κ3) is 2.70. The Hall–Kier alpha value is -1.61. The van der Waals surface area contributed by atoms with E-state index in [-0.39, 0.29) is 6.61 Å². The zero-order valence-electron chi connectivity index (χ0n) is 9.11. The topological polar surface area (TPSA) is 45.1 Å². The Morgan fingerprint density at radius 1 is 1.25 bits per heavy atom. The summed E-state index contributed by atoms with van der Waals surface area (Å²) in [6.07, 6.45) is 1.78. The molecule has 2 N–H and O–H groups in total. The SMILES string of the molecule is OCCCCNc1ccc2[c]cccc2n1. The summed E-state index contributed by atoms with van der Waals surface area (Å²) in [4.78, 5) is 4.47. The van der Waals surface area contributed by atoms with Gasteiger partial charge in [-0.2, -0.15) is 0 Å². The van der Waals surface area contributed by atoms with Gasteiger partial charge in [-0.05, 0) is 37.1 Å². The van der Waals surface area contributed by atoms with Gasteiger partial charge in [0.1, 0.15) is 5.82 Å². The second-order valence-electron chi connectivity index (χ2n) is 3.66. The maximum atomic E-state index is 8.66. The number of nitrogens with zero attached hydrogens (tertiary/aromatic N) is 1. The smallest absolute Gasteiger partial charge is 0.126 e. The Labute approximate surface area is 95.1 Å². The Morgan fingerprint density at radius 3 is 3.06 bits per heavy atom. The molecule has 0 aliphatic heterocycles. The van der Waals surface area contributed by atoms with Gasteiger partial charge in [-0.15, -0.1) is 0 Å². The van der Waals surface area contributed by atoms with E-state index in [1.54, 1.807) is 0 Å². The van der Waals surface area contributed by atoms with Crippen molar-refractivity contribution in [2.75, 3.05) is 18.5 Å². The standard InChI is InChI=1S/C13H15N2O/c16-10-4-3-9-14-13-8-7-11-5-1-2-6-12(11)15-13/h1-2,6-8,16H,3-4,9-10H2,(H,14,15). The molecule has 0 amide bonds. The molecule has 0 saturated carbocycles. The second-order valence-corrected chi connectivity index (χ2v) is 3.66. The lowest BCUT2D eigenvalue weighted by atomic mass is 10.2. The first kappa shape index (κ1) is 10.9. The van der Waals surface area contributed by atoms with Gasteiger partial charge in [-0.25, -0.2) is 4.98 Å². The minimum atomic E-state index is 0.252. The number of anilines is 1. The van der Waals surface area contributed by atoms with Crippen molar-refractivity contribution in [2.45, 2.75) is 12.8 Å². The van der Waals surface area contributed by atoms with E-state index >= 15 is 0 Å². The number of fused-ring (bicyclic) bond motifs is 1. The van der Waals surface area contributed by atoms with Crippen LogP contribution in [0.5, 0.6) is 0 Å². The highest BCUT2D eigenvalue weighted by Gasteiger charge is 1.96. The molecular formula is C13H15N2O. The normalized spacial score (nSPS) is 10.6. The summed E-state index contributed by atoms with van der Waals surface area (Å²) in [6.45, 7) is 1.09. The van der Waals surface area contributed by atoms with Crippen molar-refractivity contribution in [3.8, 4) is 0 Å². The molecule has 16 heavy (non-hydrogen) atoms. The number of hydrogen-bond acceptors (Lipinski definition) is 3. The van der Waals surface area contributed by atoms with Crippen LogP contribution in [0.15, 0.2) is 30.3 Å². The fourth-order valence-corrected chi connectivity index (χ4v) is 1.55. The minimum absolute atomic E-state index is 0.252. The zero-order chi connectivity index (χ0) is 11.2. The molecule has 0 aliphatic carbocycles. The van der Waals surface area contributed by atoms with Gasteiger partial charge in [0.25, 0.3) is 0 Å². The molecule has 0 atom stereocenters. The van der Waals surface area contributed by atoms with Gasteiger partial charge >= 0.3 is 0 Å². The van der Waals surface area contributed by atoms with E-state index in [0.29, 0.717) is 0 Å². The first-order valence-electron chi connectivity index (χ1n) is 5.52. The lowest BCUT2D eigenvalue weighted by Crippen LogP contribution is -2.03. The molecule has 0 spiro atoms. The summed E-state index contributed by atoms with van der Waals surface area (Å²) in [6, 6.07) is 12.9. The highest BCUT2D eigenvalue weighted by atomic mass is 16.2. The van der Waals surface area contributed by atoms with E-state index in [1.165, 1.54) is 0 Å². The number of pyridine rings is 1. The molecule has 3 nitrogen and oxygen atoms in total. The number of aliphatic hydroxyl groups is 1. The van der Waals surface area contributed by atoms with Crippen molar-refractivity contribution in [3.05, 3.63) is 36.4 Å². The van der Waals surface area contributed by atoms with Crippen LogP contribution >= 0.6 is 0 Å². The van der Waals surface area contributed by atoms with E-state index < -0.39 is 0 Å². The summed E-state index contributed by atoms with van der Waals surface area (Å²) in [5, 5.41) is 12.9. The number of aromatic nitrogens is 1. The maximum Gasteiger partial charge on any atom is 0.126 e. The predicted octanol–water partition coefficient (Wildman–Crippen LogP) is 2.22. The van der Waals surface area contributed by atoms with Crippen LogP contribution in [0.2, 0.25) is 0 Å². The average Bonchev–Trinajstić information content (AvgIpc) is 2.34. The fourth-order valence-electron chi connectivity index (χ4n) is 1.55. The second kappa shape index (κ2) is 5.47. The van der Waals surface area contributed by atoms with Gasteiger partial charge in [-0.1, -0.05) is 12.1 Å². The predicted molar refractivity (Wildman–Crippen MR) is 65.4 cm³/mol. The highest BCUT2D eigenvalue weighted by Crippen LogP contribution is 2.13. The summed E-state index contributed by atoms with van der Waals surface area (Å²) >= 11 is 0. The summed E-state index contributed by atoms with van der Waals surface area (Å²) in [5.74, 6) is 0.880. The summed E-state index contributed by atoms with van der Waals surface area (Å²) < 4.78 is 0. The third-order valence-electron chi connectivity index (χ3n) is 2.40. The van der Waals surface area contributed by atoms with Crippen molar-refractivity contribution in [1.82, 2.24) is 4.98 Å². The summed E-state index contributed by atoms with van der Waals surface area (Å²) in [7, 11) is 0. The van der Waals surface area contributed by atoms with Crippen LogP contribution in [-0.4, -0.2) is 23.2 Å². The monoisotopic (exact) mass is 215 g/mol. The van der Waals surface area contributed by atoms with Gasteiger partial charge in [0.15, 0.2) is 0 Å². The Balaban J connectivity index is 2.02. The van der Waals surface area contributed by atoms with Gasteiger partial charge < -0.3 is 10.4 Å². The molecular weight excluding hydrogens is 200 g/mol. The van der Waals surface area contributed by atoms with Crippen LogP contribution in [0.3, 0.4) is 0 Å². The van der Waals surface area contributed by atoms with Gasteiger partial charge in [0.05, 0.1) is 5.52 Å². The number of aliphatic hydroxyl groups excluding tert-OH is 1. The molecule has 1 heterocycles. The van der Waals surface area contributed by atoms with Crippen LogP contribution in [0.1, 0.15) is 12.8 Å². The molecule has 1 aromatic heterocycles. The Morgan fingerprint density at radius 2 is 2.19 bits per heavy atom. The van der Waals surface area contributed by atoms with Crippen molar-refractivity contribution >= 4 is 16.7 Å². The molecule has 83 valence electrons. The van der Waals surface area contributed by atoms with E-state index in [1.807, 2.05) is 30.3 Å². The average molecular weight is 215 g/mol. The van der Waals surface area contributed by atoms with Crippen LogP contribution in [0, 0.1) is 6.07 Å². The molecule has 0 saturated heterocycles. The number of benzene rings is 1. The largest absolute Gasteiger partial charge is 0.396 e. The molecule has 3 heteroatoms. The lowest BCUT2D eigenvalue weighted by molar-refractivity contribution is 0.286. The van der Waals surface area contributed by atoms with E-state index in [4.69, 9.17) is 5.11 Å². The molecule has 1 aromatic carbocycles. The maximum absolute atomic E-state index is 8.66. The minimum Gasteiger partial charge on any atom is -0.396 e. The van der Waals surface area contributed by atoms with Gasteiger partial charge in [0.2, 0.25) is 0 Å². The number of rotatable bonds is 5. The molecule has 2 rings (SSSR count). The fraction of sp³-hybridized carbons (Fsp3) is 0.308. The number of unbranched alkanes of at least 4 members (excludes halogenated alkanes) is 1. The number of nitrogens with one attached hydrogen (secondary N) is 1. The third-order valence-corrected chi connectivity index (χ3v) is 2.40. The van der Waals surface area contributed by atoms with Crippen LogP contribution < -0.4 is 5.32 Å². The van der Waals surface area contributed by atoms with Crippen LogP contribution in [0.25, 0.3) is 10.9 Å². The van der Waals surface area contributed by atoms with E-state index in [2.05, 4.69) is 16.4 Å². The van der Waals surface area contributed by atoms with Crippen molar-refractivity contribution < 1.29 is 5.11 Å². The van der Waals surface area contributed by atoms with Gasteiger partial charge in [0, 0.05) is 18.5 Å². The number of hydrogen-bond donors (Lipinski definition) is 2. The zero-order valence-corrected chi connectivity index (χ0v) is 9.11. The molecule has 0 unspecified atom stereocenters. The molecule has 0 bridgehead atoms. The summed E-state index contributed by atoms with van der Waals surface area (Å²) in [5.41, 5.74) is 0.953.